The molecule has 7 heteroatoms. The second kappa shape index (κ2) is 8.44. The molecule has 1 N–H and O–H groups in total. The maximum atomic E-state index is 12.3. The summed E-state index contributed by atoms with van der Waals surface area (Å²) in [6, 6.07) is 12.6. The Labute approximate surface area is 157 Å². The summed E-state index contributed by atoms with van der Waals surface area (Å²) in [5.41, 5.74) is 1.28. The van der Waals surface area contributed by atoms with Crippen molar-refractivity contribution in [2.24, 2.45) is 0 Å². The van der Waals surface area contributed by atoms with E-state index in [2.05, 4.69) is 5.32 Å². The minimum Gasteiger partial charge on any atom is -0.497 e. The Morgan fingerprint density at radius 2 is 1.93 bits per heavy atom. The summed E-state index contributed by atoms with van der Waals surface area (Å²) in [7, 11) is 1.62. The molecular weight excluding hydrogens is 348 g/mol. The predicted molar refractivity (Wildman–Crippen MR) is 102 cm³/mol. The van der Waals surface area contributed by atoms with Crippen molar-refractivity contribution < 1.29 is 23.8 Å². The van der Waals surface area contributed by atoms with Crippen LogP contribution in [-0.2, 0) is 9.59 Å². The standard InChI is InChI=1S/C20H22N2O5/c1-14(23)21-15-4-9-19-18(12-15)22(20(24)13-27-19)10-3-11-26-17-7-5-16(25-2)6-8-17/h4-9,12H,3,10-11,13H2,1-2H3,(H,21,23). The van der Waals surface area contributed by atoms with Crippen LogP contribution in [-0.4, -0.2) is 38.7 Å². The molecule has 0 saturated carbocycles. The molecule has 0 aliphatic carbocycles. The molecule has 0 spiro atoms. The molecule has 1 aliphatic rings. The van der Waals surface area contributed by atoms with Gasteiger partial charge in [-0.1, -0.05) is 0 Å². The molecular formula is C20H22N2O5. The van der Waals surface area contributed by atoms with Gasteiger partial charge < -0.3 is 24.4 Å². The van der Waals surface area contributed by atoms with Crippen LogP contribution in [0.25, 0.3) is 0 Å². The first-order valence-corrected chi connectivity index (χ1v) is 8.68. The molecule has 0 fully saturated rings. The van der Waals surface area contributed by atoms with Crippen molar-refractivity contribution in [3.63, 3.8) is 0 Å². The van der Waals surface area contributed by atoms with Crippen molar-refractivity contribution in [2.45, 2.75) is 13.3 Å². The number of methoxy groups -OCH3 is 1. The molecule has 0 bridgehead atoms. The number of fused-ring (bicyclic) bond motifs is 1. The van der Waals surface area contributed by atoms with Gasteiger partial charge in [0.2, 0.25) is 5.91 Å². The fourth-order valence-corrected chi connectivity index (χ4v) is 2.81. The van der Waals surface area contributed by atoms with E-state index in [1.54, 1.807) is 30.2 Å². The third kappa shape index (κ3) is 4.69. The molecule has 2 aromatic carbocycles. The molecule has 27 heavy (non-hydrogen) atoms. The summed E-state index contributed by atoms with van der Waals surface area (Å²) < 4.78 is 16.3. The van der Waals surface area contributed by atoms with E-state index in [9.17, 15) is 9.59 Å². The number of hydrogen-bond acceptors (Lipinski definition) is 5. The van der Waals surface area contributed by atoms with Gasteiger partial charge >= 0.3 is 0 Å². The molecule has 1 heterocycles. The highest BCUT2D eigenvalue weighted by molar-refractivity contribution is 5.99. The molecule has 0 unspecified atom stereocenters. The van der Waals surface area contributed by atoms with Crippen molar-refractivity contribution in [1.29, 1.82) is 0 Å². The Morgan fingerprint density at radius 1 is 1.19 bits per heavy atom. The molecule has 142 valence electrons. The van der Waals surface area contributed by atoms with E-state index in [1.165, 1.54) is 6.92 Å². The zero-order valence-corrected chi connectivity index (χ0v) is 15.4. The van der Waals surface area contributed by atoms with E-state index in [1.807, 2.05) is 24.3 Å². The number of benzene rings is 2. The number of amides is 2. The van der Waals surface area contributed by atoms with Gasteiger partial charge in [-0.3, -0.25) is 9.59 Å². The summed E-state index contributed by atoms with van der Waals surface area (Å²) >= 11 is 0. The minimum absolute atomic E-state index is 0.00577. The van der Waals surface area contributed by atoms with Gasteiger partial charge in [0.1, 0.15) is 17.2 Å². The van der Waals surface area contributed by atoms with Gasteiger partial charge in [-0.05, 0) is 48.9 Å². The van der Waals surface area contributed by atoms with Gasteiger partial charge in [-0.2, -0.15) is 0 Å². The lowest BCUT2D eigenvalue weighted by molar-refractivity contribution is -0.121. The summed E-state index contributed by atoms with van der Waals surface area (Å²) in [6.45, 7) is 2.41. The molecule has 7 nitrogen and oxygen atoms in total. The van der Waals surface area contributed by atoms with Crippen LogP contribution in [0.4, 0.5) is 11.4 Å². The molecule has 2 amide bonds. The van der Waals surface area contributed by atoms with Crippen molar-refractivity contribution in [3.05, 3.63) is 42.5 Å². The minimum atomic E-state index is -0.169. The first-order chi connectivity index (χ1) is 13.1. The Morgan fingerprint density at radius 3 is 2.63 bits per heavy atom. The quantitative estimate of drug-likeness (QED) is 0.759. The van der Waals surface area contributed by atoms with Crippen molar-refractivity contribution in [3.8, 4) is 17.2 Å². The molecule has 0 atom stereocenters. The average Bonchev–Trinajstić information content (AvgIpc) is 2.66. The molecule has 3 rings (SSSR count). The van der Waals surface area contributed by atoms with Crippen molar-refractivity contribution in [2.75, 3.05) is 37.1 Å². The number of nitrogens with zero attached hydrogens (tertiary/aromatic N) is 1. The van der Waals surface area contributed by atoms with Crippen LogP contribution in [0.15, 0.2) is 42.5 Å². The number of nitrogens with one attached hydrogen (secondary N) is 1. The van der Waals surface area contributed by atoms with E-state index in [0.717, 1.165) is 11.5 Å². The summed E-state index contributed by atoms with van der Waals surface area (Å²) in [5.74, 6) is 1.86. The van der Waals surface area contributed by atoms with Crippen molar-refractivity contribution in [1.82, 2.24) is 0 Å². The van der Waals surface area contributed by atoms with Crippen LogP contribution in [0.2, 0.25) is 0 Å². The zero-order chi connectivity index (χ0) is 19.2. The number of rotatable bonds is 7. The van der Waals surface area contributed by atoms with E-state index >= 15 is 0 Å². The zero-order valence-electron chi connectivity index (χ0n) is 15.4. The van der Waals surface area contributed by atoms with Gasteiger partial charge in [0, 0.05) is 19.2 Å². The van der Waals surface area contributed by atoms with Gasteiger partial charge in [-0.15, -0.1) is 0 Å². The number of carbonyl (C=O) groups excluding carboxylic acids is 2. The highest BCUT2D eigenvalue weighted by atomic mass is 16.5. The van der Waals surface area contributed by atoms with E-state index in [-0.39, 0.29) is 18.4 Å². The molecule has 2 aromatic rings. The SMILES string of the molecule is COc1ccc(OCCCN2C(=O)COc3ccc(NC(C)=O)cc32)cc1. The Hall–Kier alpha value is -3.22. The number of carbonyl (C=O) groups is 2. The summed E-state index contributed by atoms with van der Waals surface area (Å²) in [6.07, 6.45) is 0.654. The first-order valence-electron chi connectivity index (χ1n) is 8.68. The van der Waals surface area contributed by atoms with Crippen LogP contribution in [0, 0.1) is 0 Å². The van der Waals surface area contributed by atoms with Gasteiger partial charge in [0.25, 0.3) is 5.91 Å². The lowest BCUT2D eigenvalue weighted by Crippen LogP contribution is -2.39. The third-order valence-corrected chi connectivity index (χ3v) is 4.08. The van der Waals surface area contributed by atoms with Gasteiger partial charge in [0.15, 0.2) is 6.61 Å². The number of hydrogen-bond donors (Lipinski definition) is 1. The van der Waals surface area contributed by atoms with E-state index in [0.29, 0.717) is 36.7 Å². The topological polar surface area (TPSA) is 77.1 Å². The second-order valence-corrected chi connectivity index (χ2v) is 6.08. The smallest absolute Gasteiger partial charge is 0.265 e. The van der Waals surface area contributed by atoms with Crippen molar-refractivity contribution >= 4 is 23.2 Å². The lowest BCUT2D eigenvalue weighted by Gasteiger charge is -2.29. The van der Waals surface area contributed by atoms with Crippen LogP contribution in [0.1, 0.15) is 13.3 Å². The molecule has 0 radical (unpaired) electrons. The first kappa shape index (κ1) is 18.6. The monoisotopic (exact) mass is 370 g/mol. The van der Waals surface area contributed by atoms with Crippen LogP contribution in [0.5, 0.6) is 17.2 Å². The summed E-state index contributed by atoms with van der Waals surface area (Å²) in [5, 5.41) is 2.72. The Balaban J connectivity index is 1.60. The average molecular weight is 370 g/mol. The maximum Gasteiger partial charge on any atom is 0.265 e. The Kier molecular flexibility index (Phi) is 5.80. The highest BCUT2D eigenvalue weighted by Crippen LogP contribution is 2.34. The fraction of sp³-hybridized carbons (Fsp3) is 0.300. The largest absolute Gasteiger partial charge is 0.497 e. The van der Waals surface area contributed by atoms with Crippen LogP contribution < -0.4 is 24.4 Å². The van der Waals surface area contributed by atoms with Gasteiger partial charge in [-0.25, -0.2) is 0 Å². The number of ether oxygens (including phenoxy) is 3. The van der Waals surface area contributed by atoms with Crippen LogP contribution in [0.3, 0.4) is 0 Å². The third-order valence-electron chi connectivity index (χ3n) is 4.08. The Bertz CT molecular complexity index is 820. The molecule has 1 aliphatic heterocycles. The van der Waals surface area contributed by atoms with E-state index in [4.69, 9.17) is 14.2 Å². The summed E-state index contributed by atoms with van der Waals surface area (Å²) in [4.78, 5) is 25.2. The molecule has 0 saturated heterocycles. The lowest BCUT2D eigenvalue weighted by atomic mass is 10.2. The second-order valence-electron chi connectivity index (χ2n) is 6.08. The van der Waals surface area contributed by atoms with Gasteiger partial charge in [0.05, 0.1) is 19.4 Å². The number of anilines is 2. The highest BCUT2D eigenvalue weighted by Gasteiger charge is 2.25. The fourth-order valence-electron chi connectivity index (χ4n) is 2.81. The van der Waals surface area contributed by atoms with Crippen LogP contribution >= 0.6 is 0 Å². The normalized spacial score (nSPS) is 12.8. The maximum absolute atomic E-state index is 12.3. The predicted octanol–water partition coefficient (Wildman–Crippen LogP) is 2.85. The molecule has 0 aromatic heterocycles. The van der Waals surface area contributed by atoms with E-state index < -0.39 is 0 Å².